The van der Waals surface area contributed by atoms with Crippen LogP contribution < -0.4 is 10.6 Å². The molecule has 0 bridgehead atoms. The van der Waals surface area contributed by atoms with Crippen molar-refractivity contribution in [2.45, 2.75) is 44.7 Å². The van der Waals surface area contributed by atoms with Gasteiger partial charge in [-0.2, -0.15) is 0 Å². The summed E-state index contributed by atoms with van der Waals surface area (Å²) in [6.45, 7) is 3.32. The fraction of sp³-hybridized carbons (Fsp3) is 0.571. The number of hydrogen-bond donors (Lipinski definition) is 2. The Balaban J connectivity index is 1.92. The molecule has 2 nitrogen and oxygen atoms in total. The highest BCUT2D eigenvalue weighted by Crippen LogP contribution is 2.30. The molecule has 1 aliphatic rings. The molecule has 2 rings (SSSR count). The Hall–Kier alpha value is -0.440. The molecular formula is C14H20Cl2N2. The Kier molecular flexibility index (Phi) is 5.16. The van der Waals surface area contributed by atoms with Crippen LogP contribution in [0.15, 0.2) is 18.2 Å². The zero-order chi connectivity index (χ0) is 13.0. The zero-order valence-electron chi connectivity index (χ0n) is 10.7. The van der Waals surface area contributed by atoms with Crippen LogP contribution in [0.4, 0.5) is 5.69 Å². The van der Waals surface area contributed by atoms with Gasteiger partial charge in [0.15, 0.2) is 0 Å². The van der Waals surface area contributed by atoms with E-state index in [0.29, 0.717) is 22.1 Å². The van der Waals surface area contributed by atoms with E-state index in [2.05, 4.69) is 17.6 Å². The first kappa shape index (κ1) is 14.0. The Morgan fingerprint density at radius 3 is 2.67 bits per heavy atom. The molecule has 0 aromatic heterocycles. The third kappa shape index (κ3) is 3.78. The predicted molar refractivity (Wildman–Crippen MR) is 79.8 cm³/mol. The van der Waals surface area contributed by atoms with Gasteiger partial charge in [0.2, 0.25) is 0 Å². The van der Waals surface area contributed by atoms with Gasteiger partial charge in [-0.15, -0.1) is 0 Å². The third-order valence-electron chi connectivity index (χ3n) is 3.40. The molecule has 0 spiro atoms. The van der Waals surface area contributed by atoms with Crippen molar-refractivity contribution in [2.24, 2.45) is 0 Å². The molecule has 1 heterocycles. The lowest BCUT2D eigenvalue weighted by Gasteiger charge is -2.27. The second-order valence-corrected chi connectivity index (χ2v) is 5.84. The van der Waals surface area contributed by atoms with Gasteiger partial charge in [-0.25, -0.2) is 0 Å². The zero-order valence-corrected chi connectivity index (χ0v) is 12.2. The van der Waals surface area contributed by atoms with Gasteiger partial charge >= 0.3 is 0 Å². The third-order valence-corrected chi connectivity index (χ3v) is 4.03. The normalized spacial score (nSPS) is 21.6. The monoisotopic (exact) mass is 286 g/mol. The summed E-state index contributed by atoms with van der Waals surface area (Å²) < 4.78 is 0. The molecule has 0 radical (unpaired) electrons. The van der Waals surface area contributed by atoms with E-state index in [1.165, 1.54) is 19.3 Å². The lowest BCUT2D eigenvalue weighted by atomic mass is 9.98. The number of piperidine rings is 1. The van der Waals surface area contributed by atoms with E-state index in [1.54, 1.807) is 0 Å². The maximum atomic E-state index is 6.15. The molecule has 4 heteroatoms. The molecule has 0 aliphatic carbocycles. The molecule has 0 amide bonds. The highest BCUT2D eigenvalue weighted by molar-refractivity contribution is 6.39. The van der Waals surface area contributed by atoms with Crippen molar-refractivity contribution < 1.29 is 0 Å². The minimum atomic E-state index is 0.359. The number of anilines is 1. The van der Waals surface area contributed by atoms with Crippen molar-refractivity contribution in [2.75, 3.05) is 11.9 Å². The van der Waals surface area contributed by atoms with E-state index in [4.69, 9.17) is 23.2 Å². The van der Waals surface area contributed by atoms with Crippen LogP contribution >= 0.6 is 23.2 Å². The summed E-state index contributed by atoms with van der Waals surface area (Å²) in [6, 6.07) is 6.56. The van der Waals surface area contributed by atoms with Gasteiger partial charge in [-0.05, 0) is 44.9 Å². The molecular weight excluding hydrogens is 267 g/mol. The van der Waals surface area contributed by atoms with Crippen LogP contribution in [0.1, 0.15) is 32.6 Å². The first-order chi connectivity index (χ1) is 8.66. The largest absolute Gasteiger partial charge is 0.380 e. The van der Waals surface area contributed by atoms with Gasteiger partial charge in [0.25, 0.3) is 0 Å². The summed E-state index contributed by atoms with van der Waals surface area (Å²) in [5.74, 6) is 0. The lowest BCUT2D eigenvalue weighted by Crippen LogP contribution is -2.37. The first-order valence-electron chi connectivity index (χ1n) is 6.60. The van der Waals surface area contributed by atoms with Crippen molar-refractivity contribution in [1.82, 2.24) is 5.32 Å². The van der Waals surface area contributed by atoms with Gasteiger partial charge in [0.1, 0.15) is 0 Å². The van der Waals surface area contributed by atoms with E-state index >= 15 is 0 Å². The molecule has 1 aliphatic heterocycles. The number of benzene rings is 1. The Bertz CT molecular complexity index is 369. The molecule has 1 aromatic rings. The van der Waals surface area contributed by atoms with Crippen LogP contribution in [0.2, 0.25) is 10.0 Å². The number of para-hydroxylation sites is 1. The molecule has 100 valence electrons. The highest BCUT2D eigenvalue weighted by Gasteiger charge is 2.16. The molecule has 1 saturated heterocycles. The van der Waals surface area contributed by atoms with Crippen LogP contribution in [0.5, 0.6) is 0 Å². The van der Waals surface area contributed by atoms with Crippen LogP contribution in [-0.4, -0.2) is 18.6 Å². The van der Waals surface area contributed by atoms with Gasteiger partial charge in [0.05, 0.1) is 15.7 Å². The SMILES string of the molecule is CC(CC1CCCCN1)Nc1c(Cl)cccc1Cl. The fourth-order valence-corrected chi connectivity index (χ4v) is 3.00. The fourth-order valence-electron chi connectivity index (χ4n) is 2.49. The van der Waals surface area contributed by atoms with E-state index in [-0.39, 0.29) is 0 Å². The van der Waals surface area contributed by atoms with E-state index in [1.807, 2.05) is 18.2 Å². The average molecular weight is 287 g/mol. The smallest absolute Gasteiger partial charge is 0.0720 e. The van der Waals surface area contributed by atoms with E-state index < -0.39 is 0 Å². The first-order valence-corrected chi connectivity index (χ1v) is 7.36. The topological polar surface area (TPSA) is 24.1 Å². The van der Waals surface area contributed by atoms with Gasteiger partial charge in [-0.1, -0.05) is 35.7 Å². The maximum absolute atomic E-state index is 6.15. The summed E-state index contributed by atoms with van der Waals surface area (Å²) in [4.78, 5) is 0. The summed E-state index contributed by atoms with van der Waals surface area (Å²) >= 11 is 12.3. The Morgan fingerprint density at radius 2 is 2.06 bits per heavy atom. The molecule has 2 unspecified atom stereocenters. The summed E-state index contributed by atoms with van der Waals surface area (Å²) in [5.41, 5.74) is 0.851. The van der Waals surface area contributed by atoms with Gasteiger partial charge in [0, 0.05) is 12.1 Å². The van der Waals surface area contributed by atoms with Crippen molar-refractivity contribution in [3.05, 3.63) is 28.2 Å². The van der Waals surface area contributed by atoms with Crippen LogP contribution in [-0.2, 0) is 0 Å². The van der Waals surface area contributed by atoms with Crippen LogP contribution in [0.3, 0.4) is 0 Å². The van der Waals surface area contributed by atoms with Crippen LogP contribution in [0, 0.1) is 0 Å². The summed E-state index contributed by atoms with van der Waals surface area (Å²) in [7, 11) is 0. The van der Waals surface area contributed by atoms with Crippen molar-refractivity contribution in [1.29, 1.82) is 0 Å². The van der Waals surface area contributed by atoms with Gasteiger partial charge < -0.3 is 10.6 Å². The number of rotatable bonds is 4. The second-order valence-electron chi connectivity index (χ2n) is 5.02. The predicted octanol–water partition coefficient (Wildman–Crippen LogP) is 4.33. The molecule has 18 heavy (non-hydrogen) atoms. The number of halogens is 2. The maximum Gasteiger partial charge on any atom is 0.0720 e. The van der Waals surface area contributed by atoms with Gasteiger partial charge in [-0.3, -0.25) is 0 Å². The quantitative estimate of drug-likeness (QED) is 0.861. The minimum Gasteiger partial charge on any atom is -0.380 e. The standard InChI is InChI=1S/C14H20Cl2N2/c1-10(9-11-5-2-3-8-17-11)18-14-12(15)6-4-7-13(14)16/h4,6-7,10-11,17-18H,2-3,5,8-9H2,1H3. The summed E-state index contributed by atoms with van der Waals surface area (Å²) in [5, 5.41) is 8.35. The second kappa shape index (κ2) is 6.65. The van der Waals surface area contributed by atoms with E-state index in [9.17, 15) is 0 Å². The number of hydrogen-bond acceptors (Lipinski definition) is 2. The molecule has 0 saturated carbocycles. The molecule has 2 atom stereocenters. The molecule has 2 N–H and O–H groups in total. The molecule has 1 fully saturated rings. The average Bonchev–Trinajstić information content (AvgIpc) is 2.35. The summed E-state index contributed by atoms with van der Waals surface area (Å²) in [6.07, 6.45) is 5.00. The lowest BCUT2D eigenvalue weighted by molar-refractivity contribution is 0.371. The molecule has 1 aromatic carbocycles. The Labute approximate surface area is 119 Å². The van der Waals surface area contributed by atoms with Crippen molar-refractivity contribution >= 4 is 28.9 Å². The van der Waals surface area contributed by atoms with E-state index in [0.717, 1.165) is 18.7 Å². The highest BCUT2D eigenvalue weighted by atomic mass is 35.5. The van der Waals surface area contributed by atoms with Crippen LogP contribution in [0.25, 0.3) is 0 Å². The van der Waals surface area contributed by atoms with Crippen molar-refractivity contribution in [3.8, 4) is 0 Å². The Morgan fingerprint density at radius 1 is 1.33 bits per heavy atom. The van der Waals surface area contributed by atoms with Crippen molar-refractivity contribution in [3.63, 3.8) is 0 Å². The minimum absolute atomic E-state index is 0.359. The number of nitrogens with one attached hydrogen (secondary N) is 2.